The summed E-state index contributed by atoms with van der Waals surface area (Å²) < 4.78 is 23.8. The molecule has 0 aliphatic heterocycles. The Labute approximate surface area is 113 Å². The number of carboxylic acids is 1. The zero-order valence-electron chi connectivity index (χ0n) is 9.61. The summed E-state index contributed by atoms with van der Waals surface area (Å²) in [6.07, 6.45) is 4.65. The van der Waals surface area contributed by atoms with Gasteiger partial charge in [0.05, 0.1) is 23.0 Å². The summed E-state index contributed by atoms with van der Waals surface area (Å²) in [7, 11) is -3.40. The fourth-order valence-electron chi connectivity index (χ4n) is 1.37. The molecule has 0 saturated heterocycles. The minimum absolute atomic E-state index is 0.00825. The Morgan fingerprint density at radius 3 is 2.68 bits per heavy atom. The molecule has 0 radical (unpaired) electrons. The highest BCUT2D eigenvalue weighted by Crippen LogP contribution is 2.22. The Hall–Kier alpha value is -1.93. The fraction of sp³-hybridized carbons (Fsp3) is 0.100. The van der Waals surface area contributed by atoms with Gasteiger partial charge in [0.2, 0.25) is 0 Å². The van der Waals surface area contributed by atoms with E-state index in [9.17, 15) is 13.2 Å². The molecule has 0 spiro atoms. The van der Waals surface area contributed by atoms with E-state index in [1.165, 1.54) is 18.5 Å². The predicted octanol–water partition coefficient (Wildman–Crippen LogP) is 1.02. The molecule has 0 amide bonds. The molecule has 2 aromatic rings. The monoisotopic (exact) mass is 301 g/mol. The van der Waals surface area contributed by atoms with Gasteiger partial charge >= 0.3 is 5.97 Å². The molecular formula is C10H8ClN3O4S. The largest absolute Gasteiger partial charge is 0.478 e. The highest BCUT2D eigenvalue weighted by atomic mass is 35.5. The minimum Gasteiger partial charge on any atom is -0.478 e. The van der Waals surface area contributed by atoms with Gasteiger partial charge in [0.25, 0.3) is 0 Å². The third kappa shape index (κ3) is 2.59. The van der Waals surface area contributed by atoms with Crippen LogP contribution in [0.25, 0.3) is 5.82 Å². The second-order valence-electron chi connectivity index (χ2n) is 3.69. The summed E-state index contributed by atoms with van der Waals surface area (Å²) in [5.74, 6) is -1.15. The number of halogens is 1. The van der Waals surface area contributed by atoms with E-state index < -0.39 is 15.8 Å². The summed E-state index contributed by atoms with van der Waals surface area (Å²) in [5, 5.41) is 12.6. The summed E-state index contributed by atoms with van der Waals surface area (Å²) in [6, 6.07) is 1.25. The van der Waals surface area contributed by atoms with Gasteiger partial charge in [0, 0.05) is 12.5 Å². The Morgan fingerprint density at radius 2 is 2.16 bits per heavy atom. The standard InChI is InChI=1S/C10H8ClN3O4S/c1-19(17,18)6-4-13-14(5-6)9-8(11)7(10(15)16)2-3-12-9/h2-5H,1H3,(H,15,16). The first kappa shape index (κ1) is 13.5. The average Bonchev–Trinajstić information content (AvgIpc) is 2.77. The number of hydrogen-bond acceptors (Lipinski definition) is 5. The summed E-state index contributed by atoms with van der Waals surface area (Å²) in [5.41, 5.74) is -0.136. The van der Waals surface area contributed by atoms with Gasteiger partial charge in [-0.3, -0.25) is 0 Å². The van der Waals surface area contributed by atoms with E-state index in [0.29, 0.717) is 0 Å². The second kappa shape index (κ2) is 4.63. The van der Waals surface area contributed by atoms with Gasteiger partial charge in [-0.1, -0.05) is 11.6 Å². The van der Waals surface area contributed by atoms with Crippen molar-refractivity contribution in [1.29, 1.82) is 0 Å². The Kier molecular flexibility index (Phi) is 3.29. The van der Waals surface area contributed by atoms with Crippen molar-refractivity contribution in [3.8, 4) is 5.82 Å². The van der Waals surface area contributed by atoms with E-state index >= 15 is 0 Å². The van der Waals surface area contributed by atoms with Crippen molar-refractivity contribution < 1.29 is 18.3 Å². The van der Waals surface area contributed by atoms with Gasteiger partial charge in [-0.2, -0.15) is 5.10 Å². The lowest BCUT2D eigenvalue weighted by Crippen LogP contribution is -2.05. The van der Waals surface area contributed by atoms with E-state index in [1.54, 1.807) is 0 Å². The smallest absolute Gasteiger partial charge is 0.337 e. The van der Waals surface area contributed by atoms with Crippen LogP contribution >= 0.6 is 11.6 Å². The van der Waals surface area contributed by atoms with Crippen LogP contribution in [0.15, 0.2) is 29.6 Å². The lowest BCUT2D eigenvalue weighted by molar-refractivity contribution is 0.0697. The quantitative estimate of drug-likeness (QED) is 0.908. The van der Waals surface area contributed by atoms with Crippen molar-refractivity contribution in [1.82, 2.24) is 14.8 Å². The van der Waals surface area contributed by atoms with Crippen LogP contribution in [-0.2, 0) is 9.84 Å². The molecule has 0 saturated carbocycles. The first-order valence-corrected chi connectivity index (χ1v) is 7.20. The topological polar surface area (TPSA) is 102 Å². The van der Waals surface area contributed by atoms with Crippen molar-refractivity contribution in [2.75, 3.05) is 6.26 Å². The number of nitrogens with zero attached hydrogens (tertiary/aromatic N) is 3. The van der Waals surface area contributed by atoms with E-state index in [-0.39, 0.29) is 21.3 Å². The molecule has 100 valence electrons. The number of hydrogen-bond donors (Lipinski definition) is 1. The number of pyridine rings is 1. The SMILES string of the molecule is CS(=O)(=O)c1cnn(-c2nccc(C(=O)O)c2Cl)c1. The zero-order chi connectivity index (χ0) is 14.2. The van der Waals surface area contributed by atoms with Gasteiger partial charge in [0.15, 0.2) is 15.7 Å². The summed E-state index contributed by atoms with van der Waals surface area (Å²) in [4.78, 5) is 14.8. The maximum atomic E-state index is 11.3. The van der Waals surface area contributed by atoms with Crippen LogP contribution in [0.5, 0.6) is 0 Å². The first-order valence-electron chi connectivity index (χ1n) is 4.93. The van der Waals surface area contributed by atoms with Crippen molar-refractivity contribution in [3.05, 3.63) is 35.2 Å². The molecule has 7 nitrogen and oxygen atoms in total. The van der Waals surface area contributed by atoms with E-state index in [4.69, 9.17) is 16.7 Å². The van der Waals surface area contributed by atoms with Crippen LogP contribution in [0.2, 0.25) is 5.02 Å². The third-order valence-electron chi connectivity index (χ3n) is 2.31. The predicted molar refractivity (Wildman–Crippen MR) is 66.4 cm³/mol. The number of sulfone groups is 1. The molecule has 19 heavy (non-hydrogen) atoms. The van der Waals surface area contributed by atoms with Crippen LogP contribution < -0.4 is 0 Å². The first-order chi connectivity index (χ1) is 8.80. The van der Waals surface area contributed by atoms with Crippen molar-refractivity contribution in [2.45, 2.75) is 4.90 Å². The summed E-state index contributed by atoms with van der Waals surface area (Å²) >= 11 is 5.91. The molecule has 0 bridgehead atoms. The molecule has 0 aromatic carbocycles. The Bertz CT molecular complexity index is 754. The van der Waals surface area contributed by atoms with Gasteiger partial charge in [-0.25, -0.2) is 22.9 Å². The molecular weight excluding hydrogens is 294 g/mol. The third-order valence-corrected chi connectivity index (χ3v) is 3.75. The molecule has 2 rings (SSSR count). The van der Waals surface area contributed by atoms with Gasteiger partial charge in [-0.15, -0.1) is 0 Å². The van der Waals surface area contributed by atoms with E-state index in [1.807, 2.05) is 0 Å². The van der Waals surface area contributed by atoms with Gasteiger partial charge < -0.3 is 5.11 Å². The van der Waals surface area contributed by atoms with Gasteiger partial charge in [0.1, 0.15) is 4.90 Å². The molecule has 2 aromatic heterocycles. The molecule has 9 heteroatoms. The van der Waals surface area contributed by atoms with Crippen LogP contribution in [0.4, 0.5) is 0 Å². The van der Waals surface area contributed by atoms with Crippen molar-refractivity contribution in [3.63, 3.8) is 0 Å². The van der Waals surface area contributed by atoms with E-state index in [2.05, 4.69) is 10.1 Å². The number of carboxylic acid groups (broad SMARTS) is 1. The number of aromatic carboxylic acids is 1. The van der Waals surface area contributed by atoms with Crippen LogP contribution in [0.3, 0.4) is 0 Å². The van der Waals surface area contributed by atoms with Crippen molar-refractivity contribution >= 4 is 27.4 Å². The summed E-state index contributed by atoms with van der Waals surface area (Å²) in [6.45, 7) is 0. The molecule has 0 aliphatic rings. The molecule has 0 unspecified atom stereocenters. The van der Waals surface area contributed by atoms with Crippen LogP contribution in [0, 0.1) is 0 Å². The number of carbonyl (C=O) groups is 1. The van der Waals surface area contributed by atoms with Crippen LogP contribution in [-0.4, -0.2) is 40.5 Å². The maximum absolute atomic E-state index is 11.3. The Morgan fingerprint density at radius 1 is 1.47 bits per heavy atom. The highest BCUT2D eigenvalue weighted by Gasteiger charge is 2.17. The lowest BCUT2D eigenvalue weighted by atomic mass is 10.2. The molecule has 2 heterocycles. The molecule has 0 fully saturated rings. The zero-order valence-corrected chi connectivity index (χ0v) is 11.2. The second-order valence-corrected chi connectivity index (χ2v) is 6.09. The molecule has 0 aliphatic carbocycles. The van der Waals surface area contributed by atoms with Gasteiger partial charge in [-0.05, 0) is 6.07 Å². The number of rotatable bonds is 3. The van der Waals surface area contributed by atoms with Crippen molar-refractivity contribution in [2.24, 2.45) is 0 Å². The molecule has 1 N–H and O–H groups in total. The van der Waals surface area contributed by atoms with Crippen LogP contribution in [0.1, 0.15) is 10.4 Å². The normalized spacial score (nSPS) is 11.5. The number of aromatic nitrogens is 3. The average molecular weight is 302 g/mol. The fourth-order valence-corrected chi connectivity index (χ4v) is 2.18. The lowest BCUT2D eigenvalue weighted by Gasteiger charge is -2.05. The minimum atomic E-state index is -3.40. The molecule has 0 atom stereocenters. The highest BCUT2D eigenvalue weighted by molar-refractivity contribution is 7.90. The Balaban J connectivity index is 2.57. The van der Waals surface area contributed by atoms with E-state index in [0.717, 1.165) is 17.1 Å². The maximum Gasteiger partial charge on any atom is 0.337 e.